The van der Waals surface area contributed by atoms with Gasteiger partial charge in [0.2, 0.25) is 0 Å². The molecule has 0 aromatic heterocycles. The van der Waals surface area contributed by atoms with E-state index in [9.17, 15) is 14.7 Å². The number of aliphatic hydroxyl groups is 1. The van der Waals surface area contributed by atoms with E-state index in [1.165, 1.54) is 0 Å². The summed E-state index contributed by atoms with van der Waals surface area (Å²) in [6.07, 6.45) is 0.759. The van der Waals surface area contributed by atoms with Gasteiger partial charge in [0.1, 0.15) is 0 Å². The first-order valence-corrected chi connectivity index (χ1v) is 10.9. The summed E-state index contributed by atoms with van der Waals surface area (Å²) in [5.41, 5.74) is 1.82. The highest BCUT2D eigenvalue weighted by molar-refractivity contribution is 6.30. The molecule has 0 saturated heterocycles. The van der Waals surface area contributed by atoms with Crippen molar-refractivity contribution in [2.45, 2.75) is 32.7 Å². The van der Waals surface area contributed by atoms with Gasteiger partial charge in [-0.1, -0.05) is 43.6 Å². The van der Waals surface area contributed by atoms with E-state index in [2.05, 4.69) is 0 Å². The number of halogens is 1. The molecule has 7 heteroatoms. The van der Waals surface area contributed by atoms with Crippen LogP contribution in [0.25, 0.3) is 0 Å². The highest BCUT2D eigenvalue weighted by atomic mass is 35.5. The Morgan fingerprint density at radius 2 is 1.75 bits per heavy atom. The summed E-state index contributed by atoms with van der Waals surface area (Å²) >= 11 is 6.04. The molecule has 2 aromatic rings. The van der Waals surface area contributed by atoms with Crippen LogP contribution in [-0.2, 0) is 16.0 Å². The van der Waals surface area contributed by atoms with Crippen molar-refractivity contribution in [3.8, 4) is 11.5 Å². The van der Waals surface area contributed by atoms with Gasteiger partial charge in [-0.25, -0.2) is 0 Å². The lowest BCUT2D eigenvalue weighted by Gasteiger charge is -2.27. The second kappa shape index (κ2) is 10.1. The smallest absolute Gasteiger partial charge is 0.290 e. The van der Waals surface area contributed by atoms with E-state index in [0.717, 1.165) is 11.1 Å². The van der Waals surface area contributed by atoms with Gasteiger partial charge >= 0.3 is 0 Å². The summed E-state index contributed by atoms with van der Waals surface area (Å²) in [5, 5.41) is 11.2. The maximum atomic E-state index is 13.0. The number of methoxy groups -OCH3 is 2. The van der Waals surface area contributed by atoms with Gasteiger partial charge in [0.25, 0.3) is 5.91 Å². The molecule has 1 heterocycles. The normalized spacial score (nSPS) is 16.1. The van der Waals surface area contributed by atoms with Crippen LogP contribution in [0.2, 0.25) is 5.02 Å². The molecule has 2 aromatic carbocycles. The van der Waals surface area contributed by atoms with Crippen molar-refractivity contribution in [1.82, 2.24) is 4.90 Å². The molecule has 1 unspecified atom stereocenters. The largest absolute Gasteiger partial charge is 0.503 e. The zero-order valence-electron chi connectivity index (χ0n) is 18.7. The lowest BCUT2D eigenvalue weighted by Crippen LogP contribution is -2.33. The average Bonchev–Trinajstić information content (AvgIpc) is 3.02. The van der Waals surface area contributed by atoms with Crippen LogP contribution in [0.1, 0.15) is 37.4 Å². The Morgan fingerprint density at radius 1 is 1.09 bits per heavy atom. The minimum Gasteiger partial charge on any atom is -0.503 e. The van der Waals surface area contributed by atoms with Crippen molar-refractivity contribution in [1.29, 1.82) is 0 Å². The van der Waals surface area contributed by atoms with E-state index >= 15 is 0 Å². The number of hydrogen-bond donors (Lipinski definition) is 1. The molecule has 1 atom stereocenters. The second-order valence-electron chi connectivity index (χ2n) is 8.18. The fraction of sp³-hybridized carbons (Fsp3) is 0.360. The van der Waals surface area contributed by atoms with Gasteiger partial charge in [-0.15, -0.1) is 0 Å². The number of rotatable bonds is 9. The number of ether oxygens (including phenoxy) is 2. The van der Waals surface area contributed by atoms with Gasteiger partial charge in [0.15, 0.2) is 23.0 Å². The number of amides is 1. The first kappa shape index (κ1) is 23.7. The summed E-state index contributed by atoms with van der Waals surface area (Å²) in [6.45, 7) is 4.17. The monoisotopic (exact) mass is 457 g/mol. The maximum Gasteiger partial charge on any atom is 0.290 e. The molecule has 0 fully saturated rings. The molecule has 1 amide bonds. The third-order valence-electron chi connectivity index (χ3n) is 5.47. The Balaban J connectivity index is 1.92. The van der Waals surface area contributed by atoms with Crippen molar-refractivity contribution in [2.75, 3.05) is 20.8 Å². The van der Waals surface area contributed by atoms with Crippen molar-refractivity contribution < 1.29 is 24.2 Å². The van der Waals surface area contributed by atoms with Crippen LogP contribution < -0.4 is 9.47 Å². The molecule has 0 bridgehead atoms. The Kier molecular flexibility index (Phi) is 7.46. The molecule has 1 aliphatic rings. The highest BCUT2D eigenvalue weighted by Crippen LogP contribution is 2.39. The van der Waals surface area contributed by atoms with E-state index in [4.69, 9.17) is 21.1 Å². The van der Waals surface area contributed by atoms with Gasteiger partial charge in [-0.2, -0.15) is 0 Å². The van der Waals surface area contributed by atoms with Crippen LogP contribution in [0.3, 0.4) is 0 Å². The Morgan fingerprint density at radius 3 is 2.34 bits per heavy atom. The van der Waals surface area contributed by atoms with Gasteiger partial charge < -0.3 is 19.5 Å². The third kappa shape index (κ3) is 4.91. The van der Waals surface area contributed by atoms with Crippen LogP contribution >= 0.6 is 11.6 Å². The van der Waals surface area contributed by atoms with E-state index < -0.39 is 17.7 Å². The standard InChI is InChI=1S/C25H28ClNO5/c1-15(2)13-19(28)22-23(17-6-8-18(26)9-7-17)27(25(30)24(22)29)12-11-16-5-10-20(31-3)21(14-16)32-4/h5-10,14-15,23,29H,11-13H2,1-4H3. The molecular weight excluding hydrogens is 430 g/mol. The first-order chi connectivity index (χ1) is 15.3. The Bertz CT molecular complexity index is 1030. The van der Waals surface area contributed by atoms with Crippen molar-refractivity contribution in [3.05, 3.63) is 69.9 Å². The Hall–Kier alpha value is -2.99. The SMILES string of the molecule is COc1ccc(CCN2C(=O)C(O)=C(C(=O)CC(C)C)C2c2ccc(Cl)cc2)cc1OC. The van der Waals surface area contributed by atoms with E-state index in [0.29, 0.717) is 29.5 Å². The second-order valence-corrected chi connectivity index (χ2v) is 8.61. The molecule has 0 radical (unpaired) electrons. The van der Waals surface area contributed by atoms with E-state index in [1.807, 2.05) is 32.0 Å². The highest BCUT2D eigenvalue weighted by Gasteiger charge is 2.43. The average molecular weight is 458 g/mol. The Labute approximate surface area is 193 Å². The summed E-state index contributed by atoms with van der Waals surface area (Å²) in [4.78, 5) is 27.5. The molecular formula is C25H28ClNO5. The summed E-state index contributed by atoms with van der Waals surface area (Å²) in [7, 11) is 3.14. The fourth-order valence-corrected chi connectivity index (χ4v) is 4.05. The molecule has 6 nitrogen and oxygen atoms in total. The summed E-state index contributed by atoms with van der Waals surface area (Å²) in [6, 6.07) is 11.9. The van der Waals surface area contributed by atoms with Crippen LogP contribution in [0.5, 0.6) is 11.5 Å². The number of carbonyl (C=O) groups excluding carboxylic acids is 2. The van der Waals surface area contributed by atoms with Crippen LogP contribution in [0, 0.1) is 5.92 Å². The fourth-order valence-electron chi connectivity index (χ4n) is 3.93. The predicted molar refractivity (Wildman–Crippen MR) is 123 cm³/mol. The van der Waals surface area contributed by atoms with Crippen LogP contribution in [-0.4, -0.2) is 42.5 Å². The van der Waals surface area contributed by atoms with E-state index in [-0.39, 0.29) is 23.7 Å². The number of aliphatic hydroxyl groups excluding tert-OH is 1. The quantitative estimate of drug-likeness (QED) is 0.579. The molecule has 0 spiro atoms. The number of nitrogens with zero attached hydrogens (tertiary/aromatic N) is 1. The lowest BCUT2D eigenvalue weighted by atomic mass is 9.92. The van der Waals surface area contributed by atoms with Crippen LogP contribution in [0.15, 0.2) is 53.8 Å². The molecule has 0 aliphatic carbocycles. The molecule has 1 N–H and O–H groups in total. The zero-order chi connectivity index (χ0) is 23.4. The summed E-state index contributed by atoms with van der Waals surface area (Å²) < 4.78 is 10.6. The lowest BCUT2D eigenvalue weighted by molar-refractivity contribution is -0.129. The predicted octanol–water partition coefficient (Wildman–Crippen LogP) is 4.91. The minimum atomic E-state index is -0.661. The number of ketones is 1. The molecule has 1 aliphatic heterocycles. The first-order valence-electron chi connectivity index (χ1n) is 10.5. The molecule has 32 heavy (non-hydrogen) atoms. The van der Waals surface area contributed by atoms with E-state index in [1.54, 1.807) is 43.4 Å². The third-order valence-corrected chi connectivity index (χ3v) is 5.72. The minimum absolute atomic E-state index is 0.101. The van der Waals surface area contributed by atoms with Crippen molar-refractivity contribution in [3.63, 3.8) is 0 Å². The number of benzene rings is 2. The maximum absolute atomic E-state index is 13.0. The topological polar surface area (TPSA) is 76.1 Å². The van der Waals surface area contributed by atoms with Gasteiger partial charge in [-0.3, -0.25) is 9.59 Å². The zero-order valence-corrected chi connectivity index (χ0v) is 19.5. The number of hydrogen-bond acceptors (Lipinski definition) is 5. The van der Waals surface area contributed by atoms with Crippen molar-refractivity contribution in [2.24, 2.45) is 5.92 Å². The van der Waals surface area contributed by atoms with Gasteiger partial charge in [0, 0.05) is 18.0 Å². The molecule has 0 saturated carbocycles. The molecule has 3 rings (SSSR count). The number of Topliss-reactive ketones (excluding diaryl/α,β-unsaturated/α-hetero) is 1. The van der Waals surface area contributed by atoms with Gasteiger partial charge in [0.05, 0.1) is 25.8 Å². The van der Waals surface area contributed by atoms with Crippen molar-refractivity contribution >= 4 is 23.3 Å². The number of carbonyl (C=O) groups is 2. The molecule has 170 valence electrons. The summed E-state index contributed by atoms with van der Waals surface area (Å²) in [5.74, 6) is 0.0821. The van der Waals surface area contributed by atoms with Gasteiger partial charge in [-0.05, 0) is 47.7 Å². The van der Waals surface area contributed by atoms with Crippen LogP contribution in [0.4, 0.5) is 0 Å².